The summed E-state index contributed by atoms with van der Waals surface area (Å²) in [6.45, 7) is 4.20. The first-order chi connectivity index (χ1) is 16.4. The minimum atomic E-state index is -0.209. The lowest BCUT2D eigenvalue weighted by Gasteiger charge is -2.29. The summed E-state index contributed by atoms with van der Waals surface area (Å²) in [5.74, 6) is -0.0947. The molecule has 2 amide bonds. The zero-order chi connectivity index (χ0) is 23.8. The van der Waals surface area contributed by atoms with Gasteiger partial charge in [0.25, 0.3) is 5.91 Å². The quantitative estimate of drug-likeness (QED) is 0.468. The van der Waals surface area contributed by atoms with Crippen LogP contribution in [0.1, 0.15) is 39.3 Å². The first kappa shape index (κ1) is 22.0. The van der Waals surface area contributed by atoms with Crippen molar-refractivity contribution in [1.82, 2.24) is 19.7 Å². The molecule has 172 valence electrons. The molecule has 0 aliphatic carbocycles. The predicted molar refractivity (Wildman–Crippen MR) is 132 cm³/mol. The summed E-state index contributed by atoms with van der Waals surface area (Å²) in [6.07, 6.45) is 4.68. The molecule has 4 heterocycles. The van der Waals surface area contributed by atoms with Crippen LogP contribution in [0.4, 0.5) is 10.8 Å². The fourth-order valence-electron chi connectivity index (χ4n) is 4.29. The lowest BCUT2D eigenvalue weighted by atomic mass is 9.97. The minimum absolute atomic E-state index is 0.115. The number of carbonyl (C=O) groups is 2. The third-order valence-electron chi connectivity index (χ3n) is 6.10. The maximum atomic E-state index is 12.8. The van der Waals surface area contributed by atoms with Crippen LogP contribution in [0.2, 0.25) is 0 Å². The highest BCUT2D eigenvalue weighted by Crippen LogP contribution is 2.34. The predicted octanol–water partition coefficient (Wildman–Crippen LogP) is 4.29. The maximum Gasteiger partial charge on any atom is 0.261 e. The van der Waals surface area contributed by atoms with E-state index in [0.29, 0.717) is 35.8 Å². The number of thiazole rings is 1. The Morgan fingerprint density at radius 3 is 2.79 bits per heavy atom. The van der Waals surface area contributed by atoms with E-state index in [0.717, 1.165) is 33.8 Å². The van der Waals surface area contributed by atoms with Crippen LogP contribution in [-0.4, -0.2) is 31.6 Å². The minimum Gasteiger partial charge on any atom is -0.308 e. The van der Waals surface area contributed by atoms with Gasteiger partial charge in [-0.25, -0.2) is 4.98 Å². The topological polar surface area (TPSA) is 93.0 Å². The maximum absolute atomic E-state index is 12.8. The molecule has 9 heteroatoms. The Hall–Kier alpha value is -3.85. The highest BCUT2D eigenvalue weighted by molar-refractivity contribution is 7.14. The molecule has 0 spiro atoms. The summed E-state index contributed by atoms with van der Waals surface area (Å²) in [5.41, 5.74) is 6.86. The third kappa shape index (κ3) is 4.10. The van der Waals surface area contributed by atoms with E-state index in [9.17, 15) is 9.59 Å². The van der Waals surface area contributed by atoms with Gasteiger partial charge in [-0.2, -0.15) is 5.10 Å². The largest absolute Gasteiger partial charge is 0.308 e. The van der Waals surface area contributed by atoms with Gasteiger partial charge in [-0.05, 0) is 49.6 Å². The summed E-state index contributed by atoms with van der Waals surface area (Å²) in [6, 6.07) is 9.90. The average molecular weight is 473 g/mol. The van der Waals surface area contributed by atoms with Gasteiger partial charge in [0.1, 0.15) is 0 Å². The number of amides is 2. The number of anilines is 2. The van der Waals surface area contributed by atoms with Crippen molar-refractivity contribution in [3.8, 4) is 11.3 Å². The molecule has 1 N–H and O–H groups in total. The Labute approximate surface area is 201 Å². The number of fused-ring (bicyclic) bond motifs is 1. The van der Waals surface area contributed by atoms with Crippen LogP contribution < -0.4 is 10.2 Å². The van der Waals surface area contributed by atoms with Gasteiger partial charge in [0.2, 0.25) is 5.91 Å². The monoisotopic (exact) mass is 472 g/mol. The number of nitrogens with one attached hydrogen (secondary N) is 1. The first-order valence-electron chi connectivity index (χ1n) is 11.0. The van der Waals surface area contributed by atoms with Crippen LogP contribution in [0, 0.1) is 13.8 Å². The number of pyridine rings is 1. The van der Waals surface area contributed by atoms with Gasteiger partial charge < -0.3 is 4.90 Å². The van der Waals surface area contributed by atoms with E-state index in [1.165, 1.54) is 11.3 Å². The second kappa shape index (κ2) is 8.83. The average Bonchev–Trinajstić information content (AvgIpc) is 3.39. The molecule has 0 saturated carbocycles. The van der Waals surface area contributed by atoms with E-state index >= 15 is 0 Å². The molecule has 0 bridgehead atoms. The molecule has 1 aromatic carbocycles. The van der Waals surface area contributed by atoms with E-state index < -0.39 is 0 Å². The van der Waals surface area contributed by atoms with Crippen LogP contribution in [0.3, 0.4) is 0 Å². The zero-order valence-corrected chi connectivity index (χ0v) is 20.0. The highest BCUT2D eigenvalue weighted by atomic mass is 32.1. The highest BCUT2D eigenvalue weighted by Gasteiger charge is 2.25. The normalized spacial score (nSPS) is 13.1. The second-order valence-corrected chi connectivity index (χ2v) is 9.20. The van der Waals surface area contributed by atoms with Crippen molar-refractivity contribution in [2.45, 2.75) is 33.2 Å². The van der Waals surface area contributed by atoms with Gasteiger partial charge in [-0.1, -0.05) is 12.1 Å². The fourth-order valence-corrected chi connectivity index (χ4v) is 5.01. The van der Waals surface area contributed by atoms with E-state index in [1.54, 1.807) is 17.1 Å². The smallest absolute Gasteiger partial charge is 0.261 e. The second-order valence-electron chi connectivity index (χ2n) is 8.35. The first-order valence-corrected chi connectivity index (χ1v) is 11.9. The lowest BCUT2D eigenvalue weighted by molar-refractivity contribution is -0.119. The number of benzene rings is 1. The molecule has 0 unspecified atom stereocenters. The van der Waals surface area contributed by atoms with Crippen LogP contribution in [0.5, 0.6) is 0 Å². The fraction of sp³-hybridized carbons (Fsp3) is 0.240. The molecule has 8 nitrogen and oxygen atoms in total. The molecule has 5 rings (SSSR count). The van der Waals surface area contributed by atoms with E-state index in [1.807, 2.05) is 55.4 Å². The van der Waals surface area contributed by atoms with E-state index in [2.05, 4.69) is 26.4 Å². The van der Waals surface area contributed by atoms with Gasteiger partial charge in [-0.15, -0.1) is 11.3 Å². The Kier molecular flexibility index (Phi) is 5.70. The molecule has 1 aliphatic heterocycles. The SMILES string of the molecule is Cc1nn(C)c(C)c1C(=O)Nc1nc(-c2ccc3c(c2)CCC(=O)N3Cc2cccnc2)cs1. The van der Waals surface area contributed by atoms with Crippen LogP contribution >= 0.6 is 11.3 Å². The number of hydrogen-bond donors (Lipinski definition) is 1. The molecule has 0 fully saturated rings. The molecular formula is C25H24N6O2S. The van der Waals surface area contributed by atoms with E-state index in [-0.39, 0.29) is 11.8 Å². The summed E-state index contributed by atoms with van der Waals surface area (Å²) in [4.78, 5) is 36.0. The van der Waals surface area contributed by atoms with Gasteiger partial charge in [0.15, 0.2) is 5.13 Å². The summed E-state index contributed by atoms with van der Waals surface area (Å²) in [7, 11) is 1.82. The Bertz CT molecular complexity index is 1390. The Balaban J connectivity index is 1.37. The molecule has 0 radical (unpaired) electrons. The number of carbonyl (C=O) groups excluding carboxylic acids is 2. The summed E-state index contributed by atoms with van der Waals surface area (Å²) < 4.78 is 1.70. The zero-order valence-electron chi connectivity index (χ0n) is 19.2. The van der Waals surface area contributed by atoms with Crippen LogP contribution in [0.15, 0.2) is 48.1 Å². The number of aryl methyl sites for hydroxylation is 3. The van der Waals surface area contributed by atoms with Gasteiger partial charge in [0.05, 0.1) is 23.5 Å². The lowest BCUT2D eigenvalue weighted by Crippen LogP contribution is -2.34. The van der Waals surface area contributed by atoms with Crippen molar-refractivity contribution in [3.05, 3.63) is 76.2 Å². The number of nitrogens with zero attached hydrogens (tertiary/aromatic N) is 5. The molecule has 34 heavy (non-hydrogen) atoms. The molecular weight excluding hydrogens is 448 g/mol. The van der Waals surface area contributed by atoms with Crippen molar-refractivity contribution in [1.29, 1.82) is 0 Å². The molecule has 3 aromatic heterocycles. The van der Waals surface area contributed by atoms with Gasteiger partial charge in [-0.3, -0.25) is 24.6 Å². The standard InChI is InChI=1S/C25H24N6O2S/c1-15-23(16(2)30(3)29-15)24(33)28-25-27-20(14-34-25)18-6-8-21-19(11-18)7-9-22(32)31(21)13-17-5-4-10-26-12-17/h4-6,8,10-12,14H,7,9,13H2,1-3H3,(H,27,28,33). The van der Waals surface area contributed by atoms with Gasteiger partial charge in [0, 0.05) is 48.2 Å². The molecule has 0 atom stereocenters. The molecule has 0 saturated heterocycles. The van der Waals surface area contributed by atoms with Crippen molar-refractivity contribution in [3.63, 3.8) is 0 Å². The third-order valence-corrected chi connectivity index (χ3v) is 6.86. The van der Waals surface area contributed by atoms with Crippen molar-refractivity contribution >= 4 is 34.0 Å². The number of hydrogen-bond acceptors (Lipinski definition) is 6. The Morgan fingerprint density at radius 1 is 1.21 bits per heavy atom. The summed E-state index contributed by atoms with van der Waals surface area (Å²) >= 11 is 1.38. The Morgan fingerprint density at radius 2 is 2.06 bits per heavy atom. The van der Waals surface area contributed by atoms with Crippen molar-refractivity contribution in [2.75, 3.05) is 10.2 Å². The molecule has 1 aliphatic rings. The van der Waals surface area contributed by atoms with Gasteiger partial charge >= 0.3 is 0 Å². The summed E-state index contributed by atoms with van der Waals surface area (Å²) in [5, 5.41) is 9.68. The van der Waals surface area contributed by atoms with Crippen LogP contribution in [-0.2, 0) is 24.8 Å². The molecule has 4 aromatic rings. The van der Waals surface area contributed by atoms with Crippen molar-refractivity contribution < 1.29 is 9.59 Å². The number of aromatic nitrogens is 4. The van der Waals surface area contributed by atoms with Crippen molar-refractivity contribution in [2.24, 2.45) is 7.05 Å². The van der Waals surface area contributed by atoms with E-state index in [4.69, 9.17) is 0 Å². The number of rotatable bonds is 5. The van der Waals surface area contributed by atoms with Crippen LogP contribution in [0.25, 0.3) is 11.3 Å².